The van der Waals surface area contributed by atoms with Crippen molar-refractivity contribution in [2.75, 3.05) is 18.1 Å². The van der Waals surface area contributed by atoms with Gasteiger partial charge >= 0.3 is 0 Å². The highest BCUT2D eigenvalue weighted by Gasteiger charge is 2.57. The number of non-ortho nitro benzene ring substituents is 1. The standard InChI is InChI=1S/C37H33N3O8/c41-20-29-14-13-28(48-29)17-23(32-11-4-5-16-38-32)12-15-33-34-24(21-46-27-9-2-1-3-10-27)18-30-35(31(34)22-47-33)37(43)39(36(30)42)25-7-6-8-26(19-25)40(44)45/h1-11,13-14,16-17,19,30-31,33,35,41H,12,15,18,20-22H2/b23-17-/t30-,31+,33-,35-/m1/s1. The number of carbonyl (C=O) groups excluding carboxylic acids is 2. The fourth-order valence-electron chi connectivity index (χ4n) is 7.14. The number of aliphatic hydroxyl groups is 1. The molecule has 2 aromatic heterocycles. The van der Waals surface area contributed by atoms with E-state index in [0.29, 0.717) is 36.5 Å². The molecular weight excluding hydrogens is 614 g/mol. The molecule has 48 heavy (non-hydrogen) atoms. The number of nitrogens with zero attached hydrogens (tertiary/aromatic N) is 3. The number of fused-ring (bicyclic) bond motifs is 3. The predicted molar refractivity (Wildman–Crippen MR) is 175 cm³/mol. The number of allylic oxidation sites excluding steroid dienone is 1. The minimum Gasteiger partial charge on any atom is -0.489 e. The first-order valence-electron chi connectivity index (χ1n) is 15.9. The van der Waals surface area contributed by atoms with E-state index in [1.54, 1.807) is 24.4 Å². The van der Waals surface area contributed by atoms with Gasteiger partial charge in [0.05, 0.1) is 40.9 Å². The van der Waals surface area contributed by atoms with Crippen LogP contribution in [0.15, 0.2) is 107 Å². The van der Waals surface area contributed by atoms with Gasteiger partial charge in [-0.2, -0.15) is 0 Å². The maximum Gasteiger partial charge on any atom is 0.271 e. The van der Waals surface area contributed by atoms with E-state index in [9.17, 15) is 24.8 Å². The fourth-order valence-corrected chi connectivity index (χ4v) is 7.14. The van der Waals surface area contributed by atoms with E-state index in [-0.39, 0.29) is 55.0 Å². The van der Waals surface area contributed by atoms with Crippen LogP contribution in [0, 0.1) is 27.9 Å². The number of ether oxygens (including phenoxy) is 2. The van der Waals surface area contributed by atoms with Crippen LogP contribution in [-0.2, 0) is 20.9 Å². The van der Waals surface area contributed by atoms with Gasteiger partial charge in [-0.3, -0.25) is 24.7 Å². The fraction of sp³-hybridized carbons (Fsp3) is 0.270. The lowest BCUT2D eigenvalue weighted by Gasteiger charge is -2.31. The number of aliphatic hydroxyl groups excluding tert-OH is 1. The summed E-state index contributed by atoms with van der Waals surface area (Å²) >= 11 is 0. The summed E-state index contributed by atoms with van der Waals surface area (Å²) in [5, 5.41) is 21.0. The molecule has 11 nitrogen and oxygen atoms in total. The van der Waals surface area contributed by atoms with Crippen LogP contribution in [0.2, 0.25) is 0 Å². The Balaban J connectivity index is 1.20. The average Bonchev–Trinajstić information content (AvgIpc) is 3.82. The zero-order valence-corrected chi connectivity index (χ0v) is 25.9. The molecule has 4 heterocycles. The molecule has 3 aliphatic rings. The van der Waals surface area contributed by atoms with Crippen LogP contribution in [0.4, 0.5) is 11.4 Å². The van der Waals surface area contributed by atoms with Crippen molar-refractivity contribution in [2.24, 2.45) is 17.8 Å². The molecule has 7 rings (SSSR count). The molecule has 0 spiro atoms. The van der Waals surface area contributed by atoms with Gasteiger partial charge in [0.25, 0.3) is 5.69 Å². The number of pyridine rings is 1. The van der Waals surface area contributed by atoms with Crippen molar-refractivity contribution in [1.82, 2.24) is 4.98 Å². The minimum atomic E-state index is -0.650. The Kier molecular flexibility index (Phi) is 8.70. The van der Waals surface area contributed by atoms with E-state index in [4.69, 9.17) is 13.9 Å². The molecule has 4 atom stereocenters. The summed E-state index contributed by atoms with van der Waals surface area (Å²) in [6, 6.07) is 24.3. The van der Waals surface area contributed by atoms with Gasteiger partial charge in [-0.15, -0.1) is 0 Å². The number of hydrogen-bond acceptors (Lipinski definition) is 9. The summed E-state index contributed by atoms with van der Waals surface area (Å²) in [7, 11) is 0. The summed E-state index contributed by atoms with van der Waals surface area (Å²) in [6.45, 7) is 0.295. The van der Waals surface area contributed by atoms with Gasteiger partial charge in [0, 0.05) is 24.2 Å². The molecule has 2 fully saturated rings. The third kappa shape index (κ3) is 6.05. The monoisotopic (exact) mass is 647 g/mol. The molecule has 1 N–H and O–H groups in total. The molecule has 244 valence electrons. The van der Waals surface area contributed by atoms with E-state index in [1.807, 2.05) is 54.6 Å². The lowest BCUT2D eigenvalue weighted by Crippen LogP contribution is -2.35. The number of hydrogen-bond donors (Lipinski definition) is 1. The number of imide groups is 1. The SMILES string of the molecule is O=C1[C@@H]2[C@@H](CC(COc3ccccc3)=C3[C@@H](CC/C(=C/c4ccc(CO)o4)c4ccccn4)OC[C@@H]32)C(=O)N1c1cccc([N+](=O)[O-])c1. The van der Waals surface area contributed by atoms with Gasteiger partial charge in [0.1, 0.15) is 30.5 Å². The zero-order chi connectivity index (χ0) is 33.2. The Morgan fingerprint density at radius 2 is 1.85 bits per heavy atom. The number of amides is 2. The molecule has 4 aromatic rings. The number of aromatic nitrogens is 1. The summed E-state index contributed by atoms with van der Waals surface area (Å²) in [5.74, 6) is -0.621. The second-order valence-electron chi connectivity index (χ2n) is 12.1. The second-order valence-corrected chi connectivity index (χ2v) is 12.1. The number of rotatable bonds is 11. The lowest BCUT2D eigenvalue weighted by atomic mass is 9.69. The summed E-state index contributed by atoms with van der Waals surface area (Å²) < 4.78 is 18.4. The van der Waals surface area contributed by atoms with Crippen molar-refractivity contribution in [1.29, 1.82) is 0 Å². The molecule has 0 radical (unpaired) electrons. The number of benzene rings is 2. The van der Waals surface area contributed by atoms with Crippen LogP contribution < -0.4 is 9.64 Å². The van der Waals surface area contributed by atoms with Gasteiger partial charge < -0.3 is 19.0 Å². The Hall–Kier alpha value is -5.39. The van der Waals surface area contributed by atoms with Gasteiger partial charge in [0.15, 0.2) is 0 Å². The molecule has 2 aliphatic heterocycles. The number of carbonyl (C=O) groups is 2. The van der Waals surface area contributed by atoms with Crippen LogP contribution >= 0.6 is 0 Å². The third-order valence-corrected chi connectivity index (χ3v) is 9.29. The van der Waals surface area contributed by atoms with E-state index < -0.39 is 16.8 Å². The first-order chi connectivity index (χ1) is 23.4. The number of anilines is 1. The van der Waals surface area contributed by atoms with Gasteiger partial charge in [-0.05, 0) is 84.5 Å². The highest BCUT2D eigenvalue weighted by molar-refractivity contribution is 6.22. The zero-order valence-electron chi connectivity index (χ0n) is 25.9. The highest BCUT2D eigenvalue weighted by Crippen LogP contribution is 2.51. The average molecular weight is 648 g/mol. The lowest BCUT2D eigenvalue weighted by molar-refractivity contribution is -0.384. The summed E-state index contributed by atoms with van der Waals surface area (Å²) in [5.41, 5.74) is 3.61. The summed E-state index contributed by atoms with van der Waals surface area (Å²) in [4.78, 5) is 44.5. The molecule has 2 saturated heterocycles. The topological polar surface area (TPSA) is 145 Å². The minimum absolute atomic E-state index is 0.193. The normalized spacial score (nSPS) is 22.2. The highest BCUT2D eigenvalue weighted by atomic mass is 16.6. The quantitative estimate of drug-likeness (QED) is 0.0897. The third-order valence-electron chi connectivity index (χ3n) is 9.29. The van der Waals surface area contributed by atoms with Crippen LogP contribution in [0.25, 0.3) is 11.6 Å². The number of nitro groups is 1. The molecule has 0 unspecified atom stereocenters. The van der Waals surface area contributed by atoms with Crippen LogP contribution in [0.3, 0.4) is 0 Å². The van der Waals surface area contributed by atoms with Crippen molar-refractivity contribution in [3.63, 3.8) is 0 Å². The van der Waals surface area contributed by atoms with E-state index in [2.05, 4.69) is 4.98 Å². The molecule has 11 heteroatoms. The first kappa shape index (κ1) is 31.2. The van der Waals surface area contributed by atoms with Crippen molar-refractivity contribution < 1.29 is 33.5 Å². The van der Waals surface area contributed by atoms with Gasteiger partial charge in [-0.1, -0.05) is 30.3 Å². The van der Waals surface area contributed by atoms with Crippen molar-refractivity contribution in [3.8, 4) is 5.75 Å². The van der Waals surface area contributed by atoms with Gasteiger partial charge in [0.2, 0.25) is 11.8 Å². The molecule has 1 aliphatic carbocycles. The van der Waals surface area contributed by atoms with E-state index >= 15 is 0 Å². The maximum absolute atomic E-state index is 14.0. The smallest absolute Gasteiger partial charge is 0.271 e. The van der Waals surface area contributed by atoms with E-state index in [0.717, 1.165) is 27.3 Å². The number of para-hydroxylation sites is 1. The molecule has 2 amide bonds. The number of furan rings is 1. The second kappa shape index (κ2) is 13.4. The predicted octanol–water partition coefficient (Wildman–Crippen LogP) is 6.00. The molecular formula is C37H33N3O8. The Bertz CT molecular complexity index is 1900. The maximum atomic E-state index is 14.0. The molecule has 0 saturated carbocycles. The Morgan fingerprint density at radius 1 is 1.02 bits per heavy atom. The molecule has 2 aromatic carbocycles. The van der Waals surface area contributed by atoms with Crippen molar-refractivity contribution >= 4 is 34.8 Å². The van der Waals surface area contributed by atoms with Gasteiger partial charge in [-0.25, -0.2) is 4.90 Å². The van der Waals surface area contributed by atoms with Crippen LogP contribution in [0.1, 0.15) is 36.5 Å². The van der Waals surface area contributed by atoms with Crippen molar-refractivity contribution in [2.45, 2.75) is 32.0 Å². The largest absolute Gasteiger partial charge is 0.489 e. The molecule has 0 bridgehead atoms. The first-order valence-corrected chi connectivity index (χ1v) is 15.9. The van der Waals surface area contributed by atoms with Crippen LogP contribution in [-0.4, -0.2) is 46.1 Å². The van der Waals surface area contributed by atoms with Crippen molar-refractivity contribution in [3.05, 3.63) is 130 Å². The number of nitro benzene ring substituents is 1. The Labute approximate surface area is 276 Å². The van der Waals surface area contributed by atoms with Crippen LogP contribution in [0.5, 0.6) is 5.75 Å². The Morgan fingerprint density at radius 3 is 2.60 bits per heavy atom. The summed E-state index contributed by atoms with van der Waals surface area (Å²) in [6.07, 6.45) is 4.76. The van der Waals surface area contributed by atoms with E-state index in [1.165, 1.54) is 18.2 Å².